The van der Waals surface area contributed by atoms with Crippen LogP contribution in [0.3, 0.4) is 0 Å². The lowest BCUT2D eigenvalue weighted by atomic mass is 9.98. The van der Waals surface area contributed by atoms with Gasteiger partial charge in [0.1, 0.15) is 11.2 Å². The molecule has 0 saturated heterocycles. The SMILES string of the molecule is c1ccc(-c2ccc(-c3cccc4c3oc3cc(-c5ccc6c7ccccc7n(-c7nc(-c8ccccc8)nc(-c8ccccc8)n7)c6c5)ccc34)cc2)cc1. The second-order valence-corrected chi connectivity index (χ2v) is 14.0. The molecule has 0 N–H and O–H groups in total. The Balaban J connectivity index is 1.05. The minimum atomic E-state index is 0.568. The second-order valence-electron chi connectivity index (χ2n) is 14.0. The molecule has 0 spiro atoms. The van der Waals surface area contributed by atoms with Gasteiger partial charge in [-0.15, -0.1) is 0 Å². The molecule has 3 aromatic heterocycles. The molecule has 0 unspecified atom stereocenters. The van der Waals surface area contributed by atoms with E-state index < -0.39 is 0 Å². The molecule has 0 aliphatic rings. The van der Waals surface area contributed by atoms with Crippen molar-refractivity contribution in [1.82, 2.24) is 19.5 Å². The molecule has 0 radical (unpaired) electrons. The highest BCUT2D eigenvalue weighted by Gasteiger charge is 2.19. The van der Waals surface area contributed by atoms with E-state index in [0.717, 1.165) is 77.1 Å². The molecule has 11 rings (SSSR count). The van der Waals surface area contributed by atoms with Crippen molar-refractivity contribution in [3.63, 3.8) is 0 Å². The fraction of sp³-hybridized carbons (Fsp3) is 0. The third kappa shape index (κ3) is 5.37. The smallest absolute Gasteiger partial charge is 0.238 e. The summed E-state index contributed by atoms with van der Waals surface area (Å²) in [5.41, 5.74) is 12.4. The average Bonchev–Trinajstić information content (AvgIpc) is 3.82. The number of hydrogen-bond acceptors (Lipinski definition) is 4. The molecule has 56 heavy (non-hydrogen) atoms. The molecule has 5 nitrogen and oxygen atoms in total. The van der Waals surface area contributed by atoms with Crippen LogP contribution >= 0.6 is 0 Å². The van der Waals surface area contributed by atoms with Crippen molar-refractivity contribution < 1.29 is 4.42 Å². The van der Waals surface area contributed by atoms with Crippen LogP contribution in [0, 0.1) is 0 Å². The van der Waals surface area contributed by atoms with Crippen LogP contribution in [0.2, 0.25) is 0 Å². The number of furan rings is 1. The predicted octanol–water partition coefficient (Wildman–Crippen LogP) is 13.2. The third-order valence-corrected chi connectivity index (χ3v) is 10.7. The Morgan fingerprint density at radius 2 is 0.857 bits per heavy atom. The van der Waals surface area contributed by atoms with E-state index >= 15 is 0 Å². The van der Waals surface area contributed by atoms with Crippen LogP contribution in [0.15, 0.2) is 199 Å². The van der Waals surface area contributed by atoms with Gasteiger partial charge in [-0.05, 0) is 52.1 Å². The standard InChI is InChI=1S/C51H32N4O/c1-4-13-33(14-5-1)34-23-25-35(26-24-34)40-20-12-21-44-43-30-28-39(32-47(43)56-48(40)44)38-27-29-42-41-19-10-11-22-45(41)55(46(42)31-38)51-53-49(36-15-6-2-7-16-36)52-50(54-51)37-17-8-3-9-18-37/h1-32H. The summed E-state index contributed by atoms with van der Waals surface area (Å²) >= 11 is 0. The molecule has 0 aliphatic heterocycles. The Bertz CT molecular complexity index is 3160. The van der Waals surface area contributed by atoms with Crippen LogP contribution < -0.4 is 0 Å². The highest BCUT2D eigenvalue weighted by molar-refractivity contribution is 6.12. The van der Waals surface area contributed by atoms with Crippen molar-refractivity contribution in [3.8, 4) is 62.1 Å². The molecular formula is C51H32N4O. The van der Waals surface area contributed by atoms with Crippen molar-refractivity contribution in [2.75, 3.05) is 0 Å². The molecule has 3 heterocycles. The highest BCUT2D eigenvalue weighted by Crippen LogP contribution is 2.40. The monoisotopic (exact) mass is 716 g/mol. The summed E-state index contributed by atoms with van der Waals surface area (Å²) in [6.07, 6.45) is 0. The van der Waals surface area contributed by atoms with Gasteiger partial charge in [-0.2, -0.15) is 9.97 Å². The maximum Gasteiger partial charge on any atom is 0.238 e. The van der Waals surface area contributed by atoms with Gasteiger partial charge in [-0.3, -0.25) is 4.57 Å². The summed E-state index contributed by atoms with van der Waals surface area (Å²) in [5, 5.41) is 4.45. The number of fused-ring (bicyclic) bond motifs is 6. The number of nitrogens with zero attached hydrogens (tertiary/aromatic N) is 4. The number of hydrogen-bond donors (Lipinski definition) is 0. The van der Waals surface area contributed by atoms with Gasteiger partial charge in [0.05, 0.1) is 11.0 Å². The fourth-order valence-electron chi connectivity index (χ4n) is 7.94. The normalized spacial score (nSPS) is 11.6. The highest BCUT2D eigenvalue weighted by atomic mass is 16.3. The average molecular weight is 717 g/mol. The van der Waals surface area contributed by atoms with E-state index in [0.29, 0.717) is 17.6 Å². The molecule has 262 valence electrons. The van der Waals surface area contributed by atoms with Crippen molar-refractivity contribution in [1.29, 1.82) is 0 Å². The van der Waals surface area contributed by atoms with E-state index in [1.165, 1.54) is 11.1 Å². The Morgan fingerprint density at radius 3 is 1.55 bits per heavy atom. The first kappa shape index (κ1) is 31.9. The molecule has 0 fully saturated rings. The lowest BCUT2D eigenvalue weighted by molar-refractivity contribution is 0.670. The van der Waals surface area contributed by atoms with E-state index in [9.17, 15) is 0 Å². The van der Waals surface area contributed by atoms with E-state index in [1.807, 2.05) is 66.7 Å². The maximum atomic E-state index is 6.72. The molecule has 5 heteroatoms. The van der Waals surface area contributed by atoms with Gasteiger partial charge < -0.3 is 4.42 Å². The molecule has 0 aliphatic carbocycles. The van der Waals surface area contributed by atoms with Crippen LogP contribution in [0.1, 0.15) is 0 Å². The zero-order valence-corrected chi connectivity index (χ0v) is 30.2. The summed E-state index contributed by atoms with van der Waals surface area (Å²) in [6, 6.07) is 67.4. The van der Waals surface area contributed by atoms with Gasteiger partial charge in [-0.25, -0.2) is 4.98 Å². The largest absolute Gasteiger partial charge is 0.455 e. The first-order valence-electron chi connectivity index (χ1n) is 18.8. The Kier molecular flexibility index (Phi) is 7.42. The number of rotatable bonds is 6. The summed E-state index contributed by atoms with van der Waals surface area (Å²) < 4.78 is 8.89. The van der Waals surface area contributed by atoms with Gasteiger partial charge in [0.2, 0.25) is 5.95 Å². The van der Waals surface area contributed by atoms with Crippen LogP contribution in [-0.2, 0) is 0 Å². The second kappa shape index (κ2) is 13.0. The Hall–Kier alpha value is -7.63. The Morgan fingerprint density at radius 1 is 0.339 bits per heavy atom. The van der Waals surface area contributed by atoms with E-state index in [-0.39, 0.29) is 0 Å². The molecule has 0 saturated carbocycles. The fourth-order valence-corrected chi connectivity index (χ4v) is 7.94. The van der Waals surface area contributed by atoms with Crippen molar-refractivity contribution in [3.05, 3.63) is 194 Å². The predicted molar refractivity (Wildman–Crippen MR) is 229 cm³/mol. The molecule has 0 atom stereocenters. The first-order valence-corrected chi connectivity index (χ1v) is 18.8. The molecule has 0 amide bonds. The quantitative estimate of drug-likeness (QED) is 0.172. The van der Waals surface area contributed by atoms with Crippen LogP contribution in [0.25, 0.3) is 106 Å². The third-order valence-electron chi connectivity index (χ3n) is 10.7. The van der Waals surface area contributed by atoms with E-state index in [2.05, 4.69) is 132 Å². The Labute approximate surface area is 322 Å². The van der Waals surface area contributed by atoms with Gasteiger partial charge in [0, 0.05) is 38.2 Å². The van der Waals surface area contributed by atoms with Gasteiger partial charge in [0.25, 0.3) is 0 Å². The zero-order chi connectivity index (χ0) is 37.0. The lowest BCUT2D eigenvalue weighted by Gasteiger charge is -2.11. The summed E-state index contributed by atoms with van der Waals surface area (Å²) in [4.78, 5) is 15.2. The van der Waals surface area contributed by atoms with Crippen molar-refractivity contribution in [2.45, 2.75) is 0 Å². The number of para-hydroxylation sites is 2. The van der Waals surface area contributed by atoms with Crippen molar-refractivity contribution >= 4 is 43.7 Å². The summed E-state index contributed by atoms with van der Waals surface area (Å²) in [5.74, 6) is 1.81. The minimum Gasteiger partial charge on any atom is -0.455 e. The van der Waals surface area contributed by atoms with Crippen LogP contribution in [0.5, 0.6) is 0 Å². The van der Waals surface area contributed by atoms with Crippen molar-refractivity contribution in [2.24, 2.45) is 0 Å². The van der Waals surface area contributed by atoms with E-state index in [1.54, 1.807) is 0 Å². The van der Waals surface area contributed by atoms with E-state index in [4.69, 9.17) is 19.4 Å². The molecule has 11 aromatic rings. The van der Waals surface area contributed by atoms with Gasteiger partial charge in [-0.1, -0.05) is 170 Å². The van der Waals surface area contributed by atoms with Gasteiger partial charge >= 0.3 is 0 Å². The zero-order valence-electron chi connectivity index (χ0n) is 30.2. The topological polar surface area (TPSA) is 56.7 Å². The van der Waals surface area contributed by atoms with Crippen LogP contribution in [-0.4, -0.2) is 19.5 Å². The summed E-state index contributed by atoms with van der Waals surface area (Å²) in [7, 11) is 0. The minimum absolute atomic E-state index is 0.568. The first-order chi connectivity index (χ1) is 27.7. The number of benzene rings is 8. The maximum absolute atomic E-state index is 6.72. The lowest BCUT2D eigenvalue weighted by Crippen LogP contribution is -2.06. The number of aromatic nitrogens is 4. The summed E-state index contributed by atoms with van der Waals surface area (Å²) in [6.45, 7) is 0. The molecule has 0 bridgehead atoms. The molecule has 8 aromatic carbocycles. The van der Waals surface area contributed by atoms with Crippen LogP contribution in [0.4, 0.5) is 0 Å². The van der Waals surface area contributed by atoms with Gasteiger partial charge in [0.15, 0.2) is 11.6 Å². The molecular weight excluding hydrogens is 685 g/mol.